The molecule has 0 radical (unpaired) electrons. The summed E-state index contributed by atoms with van der Waals surface area (Å²) in [5.41, 5.74) is 8.69. The van der Waals surface area contributed by atoms with Crippen molar-refractivity contribution in [2.24, 2.45) is 5.11 Å². The molecule has 1 aromatic carbocycles. The van der Waals surface area contributed by atoms with Gasteiger partial charge in [-0.05, 0) is 24.4 Å². The van der Waals surface area contributed by atoms with Gasteiger partial charge in [0.15, 0.2) is 0 Å². The number of rotatable bonds is 10. The molecule has 1 aliphatic heterocycles. The summed E-state index contributed by atoms with van der Waals surface area (Å²) < 4.78 is 24.8. The third-order valence-corrected chi connectivity index (χ3v) is 6.58. The van der Waals surface area contributed by atoms with E-state index in [0.29, 0.717) is 0 Å². The fourth-order valence-corrected chi connectivity index (χ4v) is 4.68. The van der Waals surface area contributed by atoms with Crippen molar-refractivity contribution < 1.29 is 23.5 Å². The Bertz CT molecular complexity index is 1260. The van der Waals surface area contributed by atoms with Crippen LogP contribution in [0.3, 0.4) is 0 Å². The molecule has 1 aromatic heterocycles. The molecular weight excluding hydrogens is 481 g/mol. The fourth-order valence-electron chi connectivity index (χ4n) is 3.65. The zero-order chi connectivity index (χ0) is 25.6. The van der Waals surface area contributed by atoms with Crippen LogP contribution in [-0.4, -0.2) is 52.2 Å². The maximum atomic E-state index is 12.7. The number of aryl methyl sites for hydroxylation is 1. The first-order chi connectivity index (χ1) is 16.6. The van der Waals surface area contributed by atoms with Crippen LogP contribution in [0.4, 0.5) is 0 Å². The summed E-state index contributed by atoms with van der Waals surface area (Å²) in [6.45, 7) is 1.05. The molecule has 4 N–H and O–H groups in total. The molecular formula is C20H26N7O7P. The Morgan fingerprint density at radius 1 is 1.43 bits per heavy atom. The monoisotopic (exact) mass is 507 g/mol. The van der Waals surface area contributed by atoms with Crippen molar-refractivity contribution in [3.8, 4) is 0 Å². The topological polar surface area (TPSA) is 201 Å². The van der Waals surface area contributed by atoms with Gasteiger partial charge in [-0.2, -0.15) is 0 Å². The Hall–Kier alpha value is -3.25. The lowest BCUT2D eigenvalue weighted by atomic mass is 10.1. The number of azide groups is 1. The average Bonchev–Trinajstić information content (AvgIpc) is 3.22. The lowest BCUT2D eigenvalue weighted by molar-refractivity contribution is -0.122. The van der Waals surface area contributed by atoms with E-state index >= 15 is 0 Å². The van der Waals surface area contributed by atoms with E-state index in [9.17, 15) is 23.8 Å². The van der Waals surface area contributed by atoms with Gasteiger partial charge in [0, 0.05) is 30.1 Å². The van der Waals surface area contributed by atoms with Gasteiger partial charge in [0.2, 0.25) is 5.91 Å². The SMILES string of the molecule is CNC(=O)[C@H](Cc1ccccc1)NP(=O)(O)OC[C@H]1O[C@@H](n2cc(C)c(=O)[nH]c2=O)C[C@@H]1N=[N+]=[N-]. The number of nitrogens with one attached hydrogen (secondary N) is 3. The highest BCUT2D eigenvalue weighted by Gasteiger charge is 2.38. The molecule has 0 aliphatic carbocycles. The predicted molar refractivity (Wildman–Crippen MR) is 124 cm³/mol. The van der Waals surface area contributed by atoms with Gasteiger partial charge in [0.05, 0.1) is 18.8 Å². The number of aromatic nitrogens is 2. The number of likely N-dealkylation sites (N-methyl/N-ethyl adjacent to an activating group) is 1. The molecule has 15 heteroatoms. The van der Waals surface area contributed by atoms with Crippen LogP contribution >= 0.6 is 7.75 Å². The second-order valence-electron chi connectivity index (χ2n) is 7.92. The van der Waals surface area contributed by atoms with Crippen LogP contribution in [0.5, 0.6) is 0 Å². The van der Waals surface area contributed by atoms with Crippen LogP contribution in [0.2, 0.25) is 0 Å². The summed E-state index contributed by atoms with van der Waals surface area (Å²) in [4.78, 5) is 51.4. The van der Waals surface area contributed by atoms with Crippen LogP contribution in [0.25, 0.3) is 10.4 Å². The number of carbonyl (C=O) groups is 1. The molecule has 0 saturated carbocycles. The largest absolute Gasteiger partial charge is 0.403 e. The van der Waals surface area contributed by atoms with Crippen LogP contribution < -0.4 is 21.7 Å². The van der Waals surface area contributed by atoms with E-state index in [0.717, 1.165) is 10.1 Å². The number of aromatic amines is 1. The first-order valence-electron chi connectivity index (χ1n) is 10.7. The van der Waals surface area contributed by atoms with Gasteiger partial charge in [-0.25, -0.2) is 14.4 Å². The molecule has 5 atom stereocenters. The first-order valence-corrected chi connectivity index (χ1v) is 12.2. The molecule has 0 spiro atoms. The first kappa shape index (κ1) is 26.4. The van der Waals surface area contributed by atoms with Crippen molar-refractivity contribution in [2.75, 3.05) is 13.7 Å². The minimum absolute atomic E-state index is 0.0709. The van der Waals surface area contributed by atoms with Gasteiger partial charge in [-0.3, -0.25) is 23.7 Å². The van der Waals surface area contributed by atoms with E-state index < -0.39 is 55.9 Å². The molecule has 2 heterocycles. The highest BCUT2D eigenvalue weighted by atomic mass is 31.2. The van der Waals surface area contributed by atoms with E-state index in [1.165, 1.54) is 20.2 Å². The summed E-state index contributed by atoms with van der Waals surface area (Å²) in [6, 6.07) is 7.04. The van der Waals surface area contributed by atoms with Gasteiger partial charge in [-0.1, -0.05) is 35.4 Å². The molecule has 1 aliphatic rings. The number of amides is 1. The predicted octanol–water partition coefficient (Wildman–Crippen LogP) is 0.875. The molecule has 1 amide bonds. The second-order valence-corrected chi connectivity index (χ2v) is 9.47. The van der Waals surface area contributed by atoms with Crippen LogP contribution in [0.1, 0.15) is 23.8 Å². The lowest BCUT2D eigenvalue weighted by Crippen LogP contribution is -2.43. The summed E-state index contributed by atoms with van der Waals surface area (Å²) in [6.07, 6.45) is -0.346. The van der Waals surface area contributed by atoms with Gasteiger partial charge < -0.3 is 14.9 Å². The minimum atomic E-state index is -4.51. The molecule has 188 valence electrons. The molecule has 35 heavy (non-hydrogen) atoms. The van der Waals surface area contributed by atoms with Crippen LogP contribution in [0.15, 0.2) is 51.2 Å². The summed E-state index contributed by atoms with van der Waals surface area (Å²) >= 11 is 0. The number of ether oxygens (including phenoxy) is 1. The lowest BCUT2D eigenvalue weighted by Gasteiger charge is -2.23. The van der Waals surface area contributed by atoms with Crippen LogP contribution in [-0.2, 0) is 25.0 Å². The van der Waals surface area contributed by atoms with Gasteiger partial charge in [0.1, 0.15) is 12.3 Å². The molecule has 1 fully saturated rings. The number of benzene rings is 1. The van der Waals surface area contributed by atoms with Gasteiger partial charge in [0.25, 0.3) is 5.56 Å². The minimum Gasteiger partial charge on any atom is -0.358 e. The highest BCUT2D eigenvalue weighted by molar-refractivity contribution is 7.50. The van der Waals surface area contributed by atoms with Crippen molar-refractivity contribution in [2.45, 2.75) is 44.2 Å². The van der Waals surface area contributed by atoms with Crippen LogP contribution in [0, 0.1) is 6.92 Å². The van der Waals surface area contributed by atoms with E-state index in [1.54, 1.807) is 24.3 Å². The summed E-state index contributed by atoms with van der Waals surface area (Å²) in [7, 11) is -3.10. The Morgan fingerprint density at radius 2 is 2.14 bits per heavy atom. The number of hydrogen-bond acceptors (Lipinski definition) is 7. The highest BCUT2D eigenvalue weighted by Crippen LogP contribution is 2.40. The standard InChI is InChI=1S/C20H26N7O7P/c1-12-10-27(20(30)23-18(12)28)17-9-14(24-26-21)16(34-17)11-33-35(31,32)25-15(19(29)22-2)8-13-6-4-3-5-7-13/h3-7,10,14-17H,8-9,11H2,1-2H3,(H,22,29)(H,23,28,30)(H2,25,31,32)/t14-,15-,16+,17+/m0/s1. The van der Waals surface area contributed by atoms with Crippen molar-refractivity contribution >= 4 is 13.7 Å². The fraction of sp³-hybridized carbons (Fsp3) is 0.450. The maximum absolute atomic E-state index is 12.7. The smallest absolute Gasteiger partial charge is 0.358 e. The molecule has 14 nitrogen and oxygen atoms in total. The van der Waals surface area contributed by atoms with Crippen molar-refractivity contribution in [3.63, 3.8) is 0 Å². The summed E-state index contributed by atoms with van der Waals surface area (Å²) in [5, 5.41) is 8.43. The number of carbonyl (C=O) groups excluding carboxylic acids is 1. The summed E-state index contributed by atoms with van der Waals surface area (Å²) in [5.74, 6) is -0.510. The van der Waals surface area contributed by atoms with E-state index in [2.05, 4.69) is 25.4 Å². The Morgan fingerprint density at radius 3 is 2.80 bits per heavy atom. The van der Waals surface area contributed by atoms with Crippen molar-refractivity contribution in [1.29, 1.82) is 0 Å². The molecule has 3 rings (SSSR count). The second kappa shape index (κ2) is 11.5. The van der Waals surface area contributed by atoms with E-state index in [-0.39, 0.29) is 18.4 Å². The Balaban J connectivity index is 1.70. The third kappa shape index (κ3) is 6.89. The van der Waals surface area contributed by atoms with Gasteiger partial charge >= 0.3 is 13.4 Å². The quantitative estimate of drug-likeness (QED) is 0.157. The molecule has 0 bridgehead atoms. The normalized spacial score (nSPS) is 22.1. The maximum Gasteiger partial charge on any atom is 0.403 e. The Labute approximate surface area is 199 Å². The number of H-pyrrole nitrogens is 1. The molecule has 1 saturated heterocycles. The van der Waals surface area contributed by atoms with E-state index in [4.69, 9.17) is 14.8 Å². The number of nitrogens with zero attached hydrogens (tertiary/aromatic N) is 4. The average molecular weight is 507 g/mol. The third-order valence-electron chi connectivity index (χ3n) is 5.44. The molecule has 2 aromatic rings. The Kier molecular flexibility index (Phi) is 8.62. The van der Waals surface area contributed by atoms with Crippen molar-refractivity contribution in [1.82, 2.24) is 20.0 Å². The zero-order valence-electron chi connectivity index (χ0n) is 19.0. The van der Waals surface area contributed by atoms with Crippen molar-refractivity contribution in [3.05, 3.63) is 78.9 Å². The number of hydrogen-bond donors (Lipinski definition) is 4. The molecule has 1 unspecified atom stereocenters. The van der Waals surface area contributed by atoms with E-state index in [1.807, 2.05) is 6.07 Å². The zero-order valence-corrected chi connectivity index (χ0v) is 19.9. The van der Waals surface area contributed by atoms with Gasteiger partial charge in [-0.15, -0.1) is 0 Å².